The van der Waals surface area contributed by atoms with Gasteiger partial charge in [-0.15, -0.1) is 0 Å². The Balaban J connectivity index is 1.38. The molecule has 4 aromatic carbocycles. The minimum absolute atomic E-state index is 0.000870. The summed E-state index contributed by atoms with van der Waals surface area (Å²) in [4.78, 5) is 79.8. The van der Waals surface area contributed by atoms with E-state index in [9.17, 15) is 33.9 Å². The lowest BCUT2D eigenvalue weighted by Gasteiger charge is -2.30. The fourth-order valence-corrected chi connectivity index (χ4v) is 9.51. The zero-order valence-electron chi connectivity index (χ0n) is 49.3. The van der Waals surface area contributed by atoms with Gasteiger partial charge in [0, 0.05) is 62.8 Å². The van der Waals surface area contributed by atoms with Crippen molar-refractivity contribution in [1.29, 1.82) is 0 Å². The fraction of sp³-hybridized carbons (Fsp3) is 0.524. The first kappa shape index (κ1) is 67.8. The van der Waals surface area contributed by atoms with Gasteiger partial charge in [-0.05, 0) is 65.8 Å². The van der Waals surface area contributed by atoms with Crippen LogP contribution in [0.1, 0.15) is 126 Å². The smallest absolute Gasteiger partial charge is 0.326 e. The number of aliphatic carboxylic acids is 1. The van der Waals surface area contributed by atoms with Gasteiger partial charge in [-0.3, -0.25) is 24.0 Å². The van der Waals surface area contributed by atoms with Crippen molar-refractivity contribution in [2.45, 2.75) is 161 Å². The summed E-state index contributed by atoms with van der Waals surface area (Å²) in [6.45, 7) is 12.1. The number of thiol groups is 1. The third kappa shape index (κ3) is 24.8. The van der Waals surface area contributed by atoms with Gasteiger partial charge in [0.05, 0.1) is 37.9 Å². The maximum absolute atomic E-state index is 14.0. The molecule has 0 spiro atoms. The summed E-state index contributed by atoms with van der Waals surface area (Å²) in [6.07, 6.45) is 6.78. The zero-order chi connectivity index (χ0) is 60.0. The average molecular weight is 1160 g/mol. The average Bonchev–Trinajstić information content (AvgIpc) is 3.55. The van der Waals surface area contributed by atoms with Crippen molar-refractivity contribution in [2.24, 2.45) is 17.8 Å². The van der Waals surface area contributed by atoms with Crippen molar-refractivity contribution >= 4 is 48.1 Å². The molecular formula is C63H95N8O10S+3. The van der Waals surface area contributed by atoms with Crippen LogP contribution in [-0.2, 0) is 43.2 Å². The van der Waals surface area contributed by atoms with Crippen LogP contribution in [-0.4, -0.2) is 115 Å². The van der Waals surface area contributed by atoms with E-state index in [0.717, 1.165) is 19.3 Å². The second-order valence-electron chi connectivity index (χ2n) is 22.4. The standard InChI is InChI=1S/C63H92N8O10S/c1-7-43(6)57(62(76)69-51(63(77)78)34-41(2)3)71-61(75)56(42(4)5)70-60(74)52(40-82)68-55(72)26-18-11-19-30-67-59(73)47-38-53(79-31-27-48(64)35-44-20-12-8-13-21-44)58(81-33-29-50(66)37-46-24-16-10-17-25-46)54(39-47)80-32-28-49(65)36-45-22-14-9-15-23-45/h8-10,12-17,20-25,38-39,41-43,48-52,56-57,82H,7,11,18-19,26-37,40,64-66H2,1-6H3,(H,67,73)(H,68,72)(H,69,76)(H,70,74)(H,71,75)(H,77,78)/p+3/t43-,48+,49+,50+,51-,52-,56-,57-/m0/s1. The van der Waals surface area contributed by atoms with Crippen LogP contribution in [0.5, 0.6) is 17.2 Å². The Kier molecular flexibility index (Phi) is 30.4. The minimum atomic E-state index is -1.17. The molecule has 15 N–H and O–H groups in total. The van der Waals surface area contributed by atoms with Gasteiger partial charge in [0.15, 0.2) is 11.5 Å². The molecule has 19 heteroatoms. The molecular weight excluding hydrogens is 1060 g/mol. The second-order valence-corrected chi connectivity index (χ2v) is 22.7. The maximum atomic E-state index is 14.0. The topological polar surface area (TPSA) is 293 Å². The van der Waals surface area contributed by atoms with Crippen molar-refractivity contribution in [1.82, 2.24) is 26.6 Å². The number of benzene rings is 4. The van der Waals surface area contributed by atoms with Crippen LogP contribution in [0.15, 0.2) is 103 Å². The molecule has 0 radical (unpaired) electrons. The fourth-order valence-electron chi connectivity index (χ4n) is 9.25. The van der Waals surface area contributed by atoms with Crippen molar-refractivity contribution in [2.75, 3.05) is 32.1 Å². The van der Waals surface area contributed by atoms with Crippen LogP contribution >= 0.6 is 12.6 Å². The van der Waals surface area contributed by atoms with Gasteiger partial charge in [0.1, 0.15) is 24.2 Å². The zero-order valence-corrected chi connectivity index (χ0v) is 50.2. The van der Waals surface area contributed by atoms with Gasteiger partial charge in [0.2, 0.25) is 29.4 Å². The van der Waals surface area contributed by atoms with Gasteiger partial charge >= 0.3 is 5.97 Å². The minimum Gasteiger partial charge on any atom is -0.489 e. The van der Waals surface area contributed by atoms with E-state index in [4.69, 9.17) is 14.2 Å². The number of carbonyl (C=O) groups is 6. The molecule has 8 atom stereocenters. The van der Waals surface area contributed by atoms with Crippen LogP contribution in [0.4, 0.5) is 0 Å². The molecule has 4 rings (SSSR count). The molecule has 0 saturated heterocycles. The molecule has 0 saturated carbocycles. The molecule has 0 aliphatic heterocycles. The molecule has 18 nitrogen and oxygen atoms in total. The number of carboxylic acid groups (broad SMARTS) is 1. The van der Waals surface area contributed by atoms with E-state index >= 15 is 0 Å². The normalized spacial score (nSPS) is 14.2. The molecule has 0 fully saturated rings. The SMILES string of the molecule is CC[C@H](C)[C@H](NC(=O)[C@@H](NC(=O)[C@H](CS)NC(=O)CCCCCNC(=O)c1cc(OCC[C@@H]([NH3+])Cc2ccccc2)c(OCC[C@@H]([NH3+])Cc2ccccc2)c(OCC[C@@H]([NH3+])Cc2ccccc2)c1)C(C)C)C(=O)N[C@@H](CC(C)C)C(=O)O. The number of hydrogen-bond donors (Lipinski definition) is 10. The first-order chi connectivity index (χ1) is 39.3. The highest BCUT2D eigenvalue weighted by Gasteiger charge is 2.35. The number of carboxylic acids is 1. The van der Waals surface area contributed by atoms with E-state index in [0.29, 0.717) is 94.1 Å². The molecule has 0 aromatic heterocycles. The third-order valence-corrected chi connectivity index (χ3v) is 14.7. The summed E-state index contributed by atoms with van der Waals surface area (Å²) in [6, 6.07) is 29.9. The van der Waals surface area contributed by atoms with Crippen LogP contribution in [0.3, 0.4) is 0 Å². The van der Waals surface area contributed by atoms with Gasteiger partial charge in [-0.25, -0.2) is 4.79 Å². The maximum Gasteiger partial charge on any atom is 0.326 e. The van der Waals surface area contributed by atoms with E-state index in [1.807, 2.05) is 75.4 Å². The predicted octanol–water partition coefficient (Wildman–Crippen LogP) is 4.54. The number of hydrogen-bond acceptors (Lipinski definition) is 10. The van der Waals surface area contributed by atoms with Crippen molar-refractivity contribution < 1.29 is 65.3 Å². The number of unbranched alkanes of at least 4 members (excludes halogenated alkanes) is 2. The Morgan fingerprint density at radius 2 is 1.04 bits per heavy atom. The lowest BCUT2D eigenvalue weighted by molar-refractivity contribution is -0.421. The number of rotatable bonds is 39. The molecule has 450 valence electrons. The summed E-state index contributed by atoms with van der Waals surface area (Å²) in [5.74, 6) is -3.37. The molecule has 5 amide bonds. The first-order valence-electron chi connectivity index (χ1n) is 29.3. The quantitative estimate of drug-likeness (QED) is 0.0220. The van der Waals surface area contributed by atoms with Crippen LogP contribution < -0.4 is 58.0 Å². The van der Waals surface area contributed by atoms with E-state index in [1.54, 1.807) is 32.9 Å². The van der Waals surface area contributed by atoms with E-state index in [2.05, 4.69) is 92.8 Å². The summed E-state index contributed by atoms with van der Waals surface area (Å²) in [5.41, 5.74) is 17.1. The van der Waals surface area contributed by atoms with Crippen molar-refractivity contribution in [3.05, 3.63) is 125 Å². The van der Waals surface area contributed by atoms with Gasteiger partial charge < -0.3 is 63.1 Å². The molecule has 0 aliphatic carbocycles. The lowest BCUT2D eigenvalue weighted by Crippen LogP contribution is -2.62. The molecule has 0 heterocycles. The highest BCUT2D eigenvalue weighted by atomic mass is 32.1. The number of quaternary nitrogens is 3. The highest BCUT2D eigenvalue weighted by Crippen LogP contribution is 2.40. The number of ether oxygens (including phenoxy) is 3. The predicted molar refractivity (Wildman–Crippen MR) is 321 cm³/mol. The van der Waals surface area contributed by atoms with E-state index in [-0.39, 0.29) is 60.4 Å². The number of carbonyl (C=O) groups excluding carboxylic acids is 5. The number of nitrogens with one attached hydrogen (secondary N) is 5. The van der Waals surface area contributed by atoms with Crippen LogP contribution in [0.25, 0.3) is 0 Å². The molecule has 0 bridgehead atoms. The Labute approximate surface area is 491 Å². The summed E-state index contributed by atoms with van der Waals surface area (Å²) in [5, 5.41) is 23.5. The Hall–Kier alpha value is -6.67. The van der Waals surface area contributed by atoms with Gasteiger partial charge in [-0.1, -0.05) is 145 Å². The highest BCUT2D eigenvalue weighted by molar-refractivity contribution is 7.80. The molecule has 0 unspecified atom stereocenters. The molecule has 4 aromatic rings. The van der Waals surface area contributed by atoms with Crippen molar-refractivity contribution in [3.63, 3.8) is 0 Å². The second kappa shape index (κ2) is 36.7. The van der Waals surface area contributed by atoms with E-state index < -0.39 is 53.8 Å². The third-order valence-electron chi connectivity index (χ3n) is 14.3. The molecule has 82 heavy (non-hydrogen) atoms. The Bertz CT molecular complexity index is 2490. The van der Waals surface area contributed by atoms with Crippen LogP contribution in [0.2, 0.25) is 0 Å². The lowest BCUT2D eigenvalue weighted by atomic mass is 9.95. The molecule has 0 aliphatic rings. The van der Waals surface area contributed by atoms with Gasteiger partial charge in [-0.2, -0.15) is 12.6 Å². The number of amides is 5. The summed E-state index contributed by atoms with van der Waals surface area (Å²) < 4.78 is 19.5. The summed E-state index contributed by atoms with van der Waals surface area (Å²) in [7, 11) is 0. The monoisotopic (exact) mass is 1160 g/mol. The largest absolute Gasteiger partial charge is 0.489 e. The first-order valence-corrected chi connectivity index (χ1v) is 29.9. The van der Waals surface area contributed by atoms with Crippen molar-refractivity contribution in [3.8, 4) is 17.2 Å². The van der Waals surface area contributed by atoms with Gasteiger partial charge in [0.25, 0.3) is 5.91 Å². The Morgan fingerprint density at radius 3 is 1.48 bits per heavy atom. The van der Waals surface area contributed by atoms with Crippen LogP contribution in [0, 0.1) is 17.8 Å². The Morgan fingerprint density at radius 1 is 0.573 bits per heavy atom. The van der Waals surface area contributed by atoms with E-state index in [1.165, 1.54) is 16.7 Å². The summed E-state index contributed by atoms with van der Waals surface area (Å²) >= 11 is 4.33.